The Morgan fingerprint density at radius 3 is 2.22 bits per heavy atom. The van der Waals surface area contributed by atoms with E-state index in [0.29, 0.717) is 10.7 Å². The van der Waals surface area contributed by atoms with Gasteiger partial charge in [0.25, 0.3) is 5.91 Å². The van der Waals surface area contributed by atoms with E-state index in [1.54, 1.807) is 43.3 Å². The predicted molar refractivity (Wildman–Crippen MR) is 134 cm³/mol. The zero-order chi connectivity index (χ0) is 21.3. The Labute approximate surface area is 197 Å². The molecule has 0 aliphatic rings. The van der Waals surface area contributed by atoms with Gasteiger partial charge in [0.05, 0.1) is 12.8 Å². The highest BCUT2D eigenvalue weighted by Gasteiger charge is 2.11. The van der Waals surface area contributed by atoms with E-state index in [1.165, 1.54) is 16.2 Å². The van der Waals surface area contributed by atoms with Crippen LogP contribution in [-0.4, -0.2) is 46.3 Å². The van der Waals surface area contributed by atoms with Gasteiger partial charge in [0.1, 0.15) is 5.75 Å². The van der Waals surface area contributed by atoms with Crippen LogP contribution in [0.4, 0.5) is 5.13 Å². The zero-order valence-electron chi connectivity index (χ0n) is 18.6. The molecular weight excluding hydrogens is 446 g/mol. The molecule has 0 saturated carbocycles. The molecule has 0 aliphatic heterocycles. The number of anilines is 1. The molecule has 174 valence electrons. The molecule has 1 aromatic heterocycles. The first kappa shape index (κ1) is 27.6. The number of rotatable bonds is 10. The van der Waals surface area contributed by atoms with Gasteiger partial charge < -0.3 is 15.7 Å². The Morgan fingerprint density at radius 1 is 1.03 bits per heavy atom. The van der Waals surface area contributed by atoms with E-state index in [1.807, 2.05) is 5.38 Å². The second kappa shape index (κ2) is 13.9. The van der Waals surface area contributed by atoms with Gasteiger partial charge in [-0.1, -0.05) is 26.0 Å². The zero-order valence-corrected chi connectivity index (χ0v) is 20.2. The molecule has 0 bridgehead atoms. The van der Waals surface area contributed by atoms with Crippen molar-refractivity contribution in [3.63, 3.8) is 0 Å². The predicted octanol–water partition coefficient (Wildman–Crippen LogP) is 4.55. The molecule has 1 amide bonds. The van der Waals surface area contributed by atoms with Gasteiger partial charge in [0.2, 0.25) is 0 Å². The van der Waals surface area contributed by atoms with Crippen molar-refractivity contribution in [1.29, 1.82) is 0 Å². The number of ether oxygens (including phenoxy) is 1. The molecule has 0 spiro atoms. The number of nitrogens with one attached hydrogen (secondary N) is 1. The Kier molecular flexibility index (Phi) is 12.0. The lowest BCUT2D eigenvalue weighted by molar-refractivity contribution is 0.102. The maximum absolute atomic E-state index is 12.4. The Morgan fingerprint density at radius 2 is 1.66 bits per heavy atom. The molecule has 7 nitrogen and oxygen atoms in total. The van der Waals surface area contributed by atoms with Crippen molar-refractivity contribution in [2.75, 3.05) is 25.5 Å². The van der Waals surface area contributed by atoms with Crippen molar-refractivity contribution in [3.8, 4) is 17.0 Å². The number of methoxy groups -OCH3 is 1. The Balaban J connectivity index is 0.00000256. The fourth-order valence-corrected chi connectivity index (χ4v) is 4.73. The lowest BCUT2D eigenvalue weighted by Gasteiger charge is -2.19. The molecule has 5 N–H and O–H groups in total. The fraction of sp³-hybridized carbons (Fsp3) is 0.304. The fourth-order valence-electron chi connectivity index (χ4n) is 2.91. The normalized spacial score (nSPS) is 10.2. The van der Waals surface area contributed by atoms with Gasteiger partial charge in [-0.15, -0.1) is 11.3 Å². The summed E-state index contributed by atoms with van der Waals surface area (Å²) in [6.07, 6.45) is 2.30. The number of benzene rings is 2. The second-order valence-corrected chi connectivity index (χ2v) is 8.79. The van der Waals surface area contributed by atoms with Crippen molar-refractivity contribution < 1.29 is 20.5 Å². The van der Waals surface area contributed by atoms with Crippen LogP contribution < -0.4 is 10.1 Å². The molecule has 0 radical (unpaired) electrons. The lowest BCUT2D eigenvalue weighted by atomic mass is 10.2. The van der Waals surface area contributed by atoms with Crippen molar-refractivity contribution >= 4 is 34.3 Å². The number of amides is 1. The van der Waals surface area contributed by atoms with Crippen molar-refractivity contribution in [2.45, 2.75) is 31.6 Å². The van der Waals surface area contributed by atoms with Crippen LogP contribution in [-0.2, 0) is 0 Å². The standard InChI is InChI=1S/C23H27N3O2S2.2H2O/c1-4-14-26(15-5-2)30-20-12-8-17(9-13-20)21-16-29-23(24-21)25-22(27)18-6-10-19(28-3)11-7-18;;/h6-13,16H,4-5,14-15H2,1-3H3,(H,24,25,27);2*1H2. The van der Waals surface area contributed by atoms with Gasteiger partial charge in [0.15, 0.2) is 5.13 Å². The van der Waals surface area contributed by atoms with Gasteiger partial charge in [-0.25, -0.2) is 9.29 Å². The highest BCUT2D eigenvalue weighted by Crippen LogP contribution is 2.29. The average Bonchev–Trinajstić information content (AvgIpc) is 3.23. The number of hydrogen-bond donors (Lipinski definition) is 1. The molecule has 1 heterocycles. The van der Waals surface area contributed by atoms with E-state index in [-0.39, 0.29) is 16.9 Å². The summed E-state index contributed by atoms with van der Waals surface area (Å²) in [6, 6.07) is 15.4. The summed E-state index contributed by atoms with van der Waals surface area (Å²) < 4.78 is 7.53. The summed E-state index contributed by atoms with van der Waals surface area (Å²) in [6.45, 7) is 6.59. The van der Waals surface area contributed by atoms with Crippen molar-refractivity contribution in [3.05, 3.63) is 59.5 Å². The second-order valence-electron chi connectivity index (χ2n) is 6.77. The topological polar surface area (TPSA) is 117 Å². The number of aromatic nitrogens is 1. The first-order valence-electron chi connectivity index (χ1n) is 10.1. The number of carbonyl (C=O) groups excluding carboxylic acids is 1. The van der Waals surface area contributed by atoms with Crippen LogP contribution in [0.15, 0.2) is 58.8 Å². The summed E-state index contributed by atoms with van der Waals surface area (Å²) in [5.41, 5.74) is 2.47. The van der Waals surface area contributed by atoms with Crippen molar-refractivity contribution in [1.82, 2.24) is 9.29 Å². The Bertz CT molecular complexity index is 941. The summed E-state index contributed by atoms with van der Waals surface area (Å²) in [5.74, 6) is 0.537. The van der Waals surface area contributed by atoms with E-state index >= 15 is 0 Å². The molecule has 0 unspecified atom stereocenters. The first-order chi connectivity index (χ1) is 14.6. The summed E-state index contributed by atoms with van der Waals surface area (Å²) in [4.78, 5) is 18.2. The van der Waals surface area contributed by atoms with Crippen LogP contribution in [0.3, 0.4) is 0 Å². The van der Waals surface area contributed by atoms with Crippen LogP contribution in [0.1, 0.15) is 37.0 Å². The summed E-state index contributed by atoms with van der Waals surface area (Å²) in [7, 11) is 1.60. The first-order valence-corrected chi connectivity index (χ1v) is 11.7. The van der Waals surface area contributed by atoms with Crippen LogP contribution in [0.25, 0.3) is 11.3 Å². The quantitative estimate of drug-likeness (QED) is 0.430. The van der Waals surface area contributed by atoms with Gasteiger partial charge in [-0.05, 0) is 61.2 Å². The van der Waals surface area contributed by atoms with E-state index in [9.17, 15) is 4.79 Å². The molecule has 0 fully saturated rings. The highest BCUT2D eigenvalue weighted by atomic mass is 32.2. The van der Waals surface area contributed by atoms with Gasteiger partial charge in [0, 0.05) is 34.5 Å². The molecule has 3 rings (SSSR count). The third-order valence-electron chi connectivity index (χ3n) is 4.41. The van der Waals surface area contributed by atoms with E-state index < -0.39 is 0 Å². The monoisotopic (exact) mass is 477 g/mol. The Hall–Kier alpha value is -2.43. The molecule has 32 heavy (non-hydrogen) atoms. The minimum atomic E-state index is -0.183. The minimum Gasteiger partial charge on any atom is -0.497 e. The average molecular weight is 478 g/mol. The van der Waals surface area contributed by atoms with Crippen LogP contribution in [0.5, 0.6) is 5.75 Å². The van der Waals surface area contributed by atoms with E-state index in [4.69, 9.17) is 4.74 Å². The molecule has 2 aromatic carbocycles. The van der Waals surface area contributed by atoms with Crippen LogP contribution in [0, 0.1) is 0 Å². The summed E-state index contributed by atoms with van der Waals surface area (Å²) >= 11 is 3.23. The number of thiazole rings is 1. The molecular formula is C23H31N3O4S2. The van der Waals surface area contributed by atoms with Gasteiger partial charge >= 0.3 is 0 Å². The van der Waals surface area contributed by atoms with Crippen LogP contribution in [0.2, 0.25) is 0 Å². The third-order valence-corrected chi connectivity index (χ3v) is 6.27. The SMILES string of the molecule is CCCN(CCC)Sc1ccc(-c2csc(NC(=O)c3ccc(OC)cc3)n2)cc1.O.O. The number of carbonyl (C=O) groups is 1. The molecule has 0 atom stereocenters. The van der Waals surface area contributed by atoms with E-state index in [0.717, 1.165) is 42.9 Å². The maximum Gasteiger partial charge on any atom is 0.257 e. The smallest absolute Gasteiger partial charge is 0.257 e. The molecule has 0 saturated heterocycles. The number of nitrogens with zero attached hydrogens (tertiary/aromatic N) is 2. The largest absolute Gasteiger partial charge is 0.497 e. The molecule has 3 aromatic rings. The highest BCUT2D eigenvalue weighted by molar-refractivity contribution is 7.97. The molecule has 0 aliphatic carbocycles. The van der Waals surface area contributed by atoms with Crippen LogP contribution >= 0.6 is 23.3 Å². The van der Waals surface area contributed by atoms with E-state index in [2.05, 4.69) is 52.7 Å². The third kappa shape index (κ3) is 7.61. The minimum absolute atomic E-state index is 0. The van der Waals surface area contributed by atoms with Gasteiger partial charge in [-0.3, -0.25) is 10.1 Å². The molecule has 9 heteroatoms. The lowest BCUT2D eigenvalue weighted by Crippen LogP contribution is -2.17. The maximum atomic E-state index is 12.4. The number of hydrogen-bond acceptors (Lipinski definition) is 6. The summed E-state index contributed by atoms with van der Waals surface area (Å²) in [5, 5.41) is 5.42. The van der Waals surface area contributed by atoms with Crippen molar-refractivity contribution in [2.24, 2.45) is 0 Å². The van der Waals surface area contributed by atoms with Gasteiger partial charge in [-0.2, -0.15) is 0 Å².